The lowest BCUT2D eigenvalue weighted by molar-refractivity contribution is 1.01. The first-order chi connectivity index (χ1) is 12.2. The molecular weight excluding hydrogens is 328 g/mol. The highest BCUT2D eigenvalue weighted by molar-refractivity contribution is 7.97. The van der Waals surface area contributed by atoms with Crippen LogP contribution in [0.4, 0.5) is 0 Å². The predicted molar refractivity (Wildman–Crippen MR) is 105 cm³/mol. The topological polar surface area (TPSA) is 34.4 Å². The van der Waals surface area contributed by atoms with Crippen molar-refractivity contribution in [3.8, 4) is 0 Å². The van der Waals surface area contributed by atoms with Crippen LogP contribution in [0.25, 0.3) is 16.4 Å². The molecule has 0 saturated heterocycles. The van der Waals surface area contributed by atoms with Gasteiger partial charge >= 0.3 is 0 Å². The second-order valence-electron chi connectivity index (χ2n) is 6.15. The summed E-state index contributed by atoms with van der Waals surface area (Å²) in [6.45, 7) is 2.01. The summed E-state index contributed by atoms with van der Waals surface area (Å²) < 4.78 is 1.59. The van der Waals surface area contributed by atoms with Gasteiger partial charge in [0, 0.05) is 23.8 Å². The van der Waals surface area contributed by atoms with Gasteiger partial charge in [0.05, 0.1) is 5.69 Å². The first kappa shape index (κ1) is 15.9. The van der Waals surface area contributed by atoms with E-state index in [1.807, 2.05) is 19.1 Å². The molecule has 0 aliphatic rings. The average molecular weight is 346 g/mol. The maximum Gasteiger partial charge on any atom is 0.258 e. The Morgan fingerprint density at radius 1 is 1.00 bits per heavy atom. The molecule has 4 heteroatoms. The molecule has 0 N–H and O–H groups in total. The number of thioether (sulfide) groups is 1. The summed E-state index contributed by atoms with van der Waals surface area (Å²) in [4.78, 5) is 16.9. The predicted octanol–water partition coefficient (Wildman–Crippen LogP) is 4.59. The van der Waals surface area contributed by atoms with Crippen LogP contribution in [0.5, 0.6) is 0 Å². The van der Waals surface area contributed by atoms with Crippen LogP contribution in [0.2, 0.25) is 0 Å². The number of aromatic nitrogens is 2. The second-order valence-corrected chi connectivity index (χ2v) is 7.13. The van der Waals surface area contributed by atoms with Gasteiger partial charge in [-0.15, -0.1) is 0 Å². The van der Waals surface area contributed by atoms with E-state index in [0.717, 1.165) is 22.8 Å². The maximum absolute atomic E-state index is 12.2. The lowest BCUT2D eigenvalue weighted by atomic mass is 10.1. The third kappa shape index (κ3) is 3.30. The van der Waals surface area contributed by atoms with Gasteiger partial charge in [0.1, 0.15) is 5.65 Å². The van der Waals surface area contributed by atoms with Gasteiger partial charge in [0.25, 0.3) is 5.56 Å². The Labute approximate surface area is 150 Å². The highest BCUT2D eigenvalue weighted by atomic mass is 32.2. The molecule has 0 amide bonds. The minimum atomic E-state index is -0.0224. The SMILES string of the molecule is Cc1ccn2c(=O)cc(CSCc3cccc4ccccc34)nc2c1. The Hall–Kier alpha value is -2.59. The van der Waals surface area contributed by atoms with Crippen LogP contribution in [0.1, 0.15) is 16.8 Å². The molecule has 0 aliphatic carbocycles. The van der Waals surface area contributed by atoms with E-state index in [0.29, 0.717) is 5.65 Å². The van der Waals surface area contributed by atoms with Gasteiger partial charge in [-0.3, -0.25) is 9.20 Å². The van der Waals surface area contributed by atoms with Gasteiger partial charge in [-0.2, -0.15) is 11.8 Å². The first-order valence-electron chi connectivity index (χ1n) is 8.24. The highest BCUT2D eigenvalue weighted by Crippen LogP contribution is 2.24. The average Bonchev–Trinajstić information content (AvgIpc) is 2.61. The molecule has 3 nitrogen and oxygen atoms in total. The van der Waals surface area contributed by atoms with E-state index in [-0.39, 0.29) is 5.56 Å². The molecule has 0 unspecified atom stereocenters. The van der Waals surface area contributed by atoms with Gasteiger partial charge in [-0.1, -0.05) is 42.5 Å². The minimum Gasteiger partial charge on any atom is -0.269 e. The van der Waals surface area contributed by atoms with Gasteiger partial charge in [0.15, 0.2) is 0 Å². The third-order valence-electron chi connectivity index (χ3n) is 4.26. The van der Waals surface area contributed by atoms with Crippen molar-refractivity contribution in [3.63, 3.8) is 0 Å². The Balaban J connectivity index is 1.55. The van der Waals surface area contributed by atoms with Crippen molar-refractivity contribution in [2.45, 2.75) is 18.4 Å². The van der Waals surface area contributed by atoms with E-state index in [9.17, 15) is 4.79 Å². The molecule has 2 heterocycles. The lowest BCUT2D eigenvalue weighted by Crippen LogP contribution is -2.15. The van der Waals surface area contributed by atoms with Crippen molar-refractivity contribution in [2.24, 2.45) is 0 Å². The number of hydrogen-bond donors (Lipinski definition) is 0. The van der Waals surface area contributed by atoms with Gasteiger partial charge < -0.3 is 0 Å². The van der Waals surface area contributed by atoms with E-state index in [4.69, 9.17) is 0 Å². The fourth-order valence-corrected chi connectivity index (χ4v) is 3.94. The zero-order valence-electron chi connectivity index (χ0n) is 14.0. The molecule has 25 heavy (non-hydrogen) atoms. The van der Waals surface area contributed by atoms with Gasteiger partial charge in [-0.05, 0) is 41.0 Å². The molecule has 0 saturated carbocycles. The standard InChI is InChI=1S/C21H18N2OS/c1-15-9-10-23-20(11-15)22-18(12-21(23)24)14-25-13-17-7-4-6-16-5-2-3-8-19(16)17/h2-12H,13-14H2,1H3. The number of benzene rings is 2. The van der Waals surface area contributed by atoms with Crippen LogP contribution in [0.3, 0.4) is 0 Å². The number of aryl methyl sites for hydroxylation is 1. The van der Waals surface area contributed by atoms with Crippen LogP contribution in [0, 0.1) is 6.92 Å². The molecule has 2 aromatic heterocycles. The molecule has 124 valence electrons. The van der Waals surface area contributed by atoms with E-state index >= 15 is 0 Å². The first-order valence-corrected chi connectivity index (χ1v) is 9.39. The maximum atomic E-state index is 12.2. The van der Waals surface area contributed by atoms with Crippen molar-refractivity contribution >= 4 is 28.2 Å². The fourth-order valence-electron chi connectivity index (χ4n) is 3.01. The number of pyridine rings is 1. The van der Waals surface area contributed by atoms with Crippen LogP contribution < -0.4 is 5.56 Å². The van der Waals surface area contributed by atoms with Crippen molar-refractivity contribution in [3.05, 3.63) is 94.0 Å². The van der Waals surface area contributed by atoms with Crippen molar-refractivity contribution < 1.29 is 0 Å². The molecule has 0 atom stereocenters. The van der Waals surface area contributed by atoms with Crippen molar-refractivity contribution in [1.29, 1.82) is 0 Å². The molecule has 2 aromatic carbocycles. The zero-order chi connectivity index (χ0) is 17.2. The normalized spacial score (nSPS) is 11.2. The molecule has 4 rings (SSSR count). The summed E-state index contributed by atoms with van der Waals surface area (Å²) in [5.74, 6) is 1.62. The fraction of sp³-hybridized carbons (Fsp3) is 0.143. The smallest absolute Gasteiger partial charge is 0.258 e. The van der Waals surface area contributed by atoms with E-state index in [2.05, 4.69) is 47.4 Å². The summed E-state index contributed by atoms with van der Waals surface area (Å²) in [5, 5.41) is 2.55. The van der Waals surface area contributed by atoms with Crippen LogP contribution in [0.15, 0.2) is 71.7 Å². The van der Waals surface area contributed by atoms with Crippen LogP contribution in [-0.4, -0.2) is 9.38 Å². The van der Waals surface area contributed by atoms with Crippen molar-refractivity contribution in [2.75, 3.05) is 0 Å². The highest BCUT2D eigenvalue weighted by Gasteiger charge is 2.05. The molecule has 0 radical (unpaired) electrons. The summed E-state index contributed by atoms with van der Waals surface area (Å²) in [7, 11) is 0. The molecule has 0 fully saturated rings. The lowest BCUT2D eigenvalue weighted by Gasteiger charge is -2.07. The third-order valence-corrected chi connectivity index (χ3v) is 5.28. The van der Waals surface area contributed by atoms with Gasteiger partial charge in [0.2, 0.25) is 0 Å². The molecule has 0 bridgehead atoms. The summed E-state index contributed by atoms with van der Waals surface area (Å²) in [6.07, 6.45) is 1.78. The van der Waals surface area contributed by atoms with E-state index in [1.54, 1.807) is 28.4 Å². The quantitative estimate of drug-likeness (QED) is 0.542. The Bertz CT molecular complexity index is 1110. The van der Waals surface area contributed by atoms with E-state index < -0.39 is 0 Å². The number of hydrogen-bond acceptors (Lipinski definition) is 3. The summed E-state index contributed by atoms with van der Waals surface area (Å²) in [6, 6.07) is 20.3. The molecule has 4 aromatic rings. The Morgan fingerprint density at radius 3 is 2.76 bits per heavy atom. The largest absolute Gasteiger partial charge is 0.269 e. The number of rotatable bonds is 4. The minimum absolute atomic E-state index is 0.0224. The zero-order valence-corrected chi connectivity index (χ0v) is 14.8. The second kappa shape index (κ2) is 6.73. The van der Waals surface area contributed by atoms with Crippen LogP contribution in [-0.2, 0) is 11.5 Å². The Morgan fingerprint density at radius 2 is 1.84 bits per heavy atom. The summed E-state index contributed by atoms with van der Waals surface area (Å²) in [5.41, 5.74) is 3.95. The molecule has 0 spiro atoms. The molecule has 0 aliphatic heterocycles. The van der Waals surface area contributed by atoms with Crippen LogP contribution >= 0.6 is 11.8 Å². The summed E-state index contributed by atoms with van der Waals surface area (Å²) >= 11 is 1.79. The number of nitrogens with zero attached hydrogens (tertiary/aromatic N) is 2. The van der Waals surface area contributed by atoms with Gasteiger partial charge in [-0.25, -0.2) is 4.98 Å². The number of fused-ring (bicyclic) bond motifs is 2. The van der Waals surface area contributed by atoms with E-state index in [1.165, 1.54) is 16.3 Å². The Kier molecular flexibility index (Phi) is 4.28. The molecular formula is C21H18N2OS. The monoisotopic (exact) mass is 346 g/mol. The van der Waals surface area contributed by atoms with Crippen molar-refractivity contribution in [1.82, 2.24) is 9.38 Å².